The molecule has 2 aromatic carbocycles. The van der Waals surface area contributed by atoms with Crippen molar-refractivity contribution in [3.63, 3.8) is 0 Å². The minimum absolute atomic E-state index is 0.807. The van der Waals surface area contributed by atoms with E-state index in [2.05, 4.69) is 85.4 Å². The molecule has 142 valence electrons. The normalized spacial score (nSPS) is 23.7. The van der Waals surface area contributed by atoms with E-state index in [9.17, 15) is 0 Å². The van der Waals surface area contributed by atoms with Crippen LogP contribution in [0.5, 0.6) is 0 Å². The van der Waals surface area contributed by atoms with Gasteiger partial charge in [-0.1, -0.05) is 55.3 Å². The number of benzene rings is 2. The summed E-state index contributed by atoms with van der Waals surface area (Å²) in [6, 6.07) is 22.6. The third-order valence-electron chi connectivity index (χ3n) is 7.27. The fourth-order valence-electron chi connectivity index (χ4n) is 5.63. The standard InChI is InChI=1S/C27H30N/c1-19-5-3-4-6-25(19)27-16-15-24(18-28(27)2)21-11-13-23(14-12-21)26-17-20-7-9-22(26)10-8-20/h3-6,11-16,18,20,22,26H,7-10,17H2,1-2H3/q+1. The molecule has 0 aliphatic heterocycles. The second-order valence-electron chi connectivity index (χ2n) is 8.97. The number of hydrogen-bond acceptors (Lipinski definition) is 0. The molecule has 0 radical (unpaired) electrons. The Balaban J connectivity index is 1.41. The summed E-state index contributed by atoms with van der Waals surface area (Å²) in [5, 5.41) is 0. The highest BCUT2D eigenvalue weighted by atomic mass is 14.9. The second kappa shape index (κ2) is 7.20. The van der Waals surface area contributed by atoms with Gasteiger partial charge in [-0.3, -0.25) is 0 Å². The molecule has 1 atom stereocenters. The van der Waals surface area contributed by atoms with Gasteiger partial charge in [-0.05, 0) is 72.8 Å². The number of fused-ring (bicyclic) bond motifs is 3. The van der Waals surface area contributed by atoms with E-state index in [1.807, 2.05) is 0 Å². The molecule has 1 heteroatoms. The molecule has 0 N–H and O–H groups in total. The molecule has 0 saturated heterocycles. The minimum Gasteiger partial charge on any atom is -0.200 e. The van der Waals surface area contributed by atoms with Crippen molar-refractivity contribution in [1.82, 2.24) is 0 Å². The zero-order valence-electron chi connectivity index (χ0n) is 17.1. The van der Waals surface area contributed by atoms with Gasteiger partial charge in [-0.2, -0.15) is 0 Å². The molecule has 1 heterocycles. The molecule has 3 saturated carbocycles. The lowest BCUT2D eigenvalue weighted by Gasteiger charge is -2.42. The van der Waals surface area contributed by atoms with Gasteiger partial charge in [0.25, 0.3) is 0 Å². The predicted molar refractivity (Wildman–Crippen MR) is 116 cm³/mol. The van der Waals surface area contributed by atoms with E-state index in [1.54, 1.807) is 5.56 Å². The summed E-state index contributed by atoms with van der Waals surface area (Å²) in [5.41, 5.74) is 8.06. The number of pyridine rings is 1. The van der Waals surface area contributed by atoms with Gasteiger partial charge >= 0.3 is 0 Å². The third-order valence-corrected chi connectivity index (χ3v) is 7.27. The van der Waals surface area contributed by atoms with Crippen molar-refractivity contribution >= 4 is 0 Å². The first-order valence-corrected chi connectivity index (χ1v) is 10.8. The highest BCUT2D eigenvalue weighted by Crippen LogP contribution is 2.49. The van der Waals surface area contributed by atoms with Crippen molar-refractivity contribution in [2.75, 3.05) is 0 Å². The Morgan fingerprint density at radius 2 is 1.50 bits per heavy atom. The summed E-state index contributed by atoms with van der Waals surface area (Å²) >= 11 is 0. The van der Waals surface area contributed by atoms with Crippen molar-refractivity contribution < 1.29 is 4.57 Å². The maximum Gasteiger partial charge on any atom is 0.212 e. The van der Waals surface area contributed by atoms with E-state index in [4.69, 9.17) is 0 Å². The summed E-state index contributed by atoms with van der Waals surface area (Å²) in [6.07, 6.45) is 9.54. The van der Waals surface area contributed by atoms with E-state index >= 15 is 0 Å². The summed E-state index contributed by atoms with van der Waals surface area (Å²) in [6.45, 7) is 2.18. The Hall–Kier alpha value is -2.41. The second-order valence-corrected chi connectivity index (χ2v) is 8.97. The monoisotopic (exact) mass is 368 g/mol. The summed E-state index contributed by atoms with van der Waals surface area (Å²) < 4.78 is 2.26. The average Bonchev–Trinajstić information content (AvgIpc) is 2.75. The largest absolute Gasteiger partial charge is 0.212 e. The average molecular weight is 369 g/mol. The molecule has 1 unspecified atom stereocenters. The summed E-state index contributed by atoms with van der Waals surface area (Å²) in [4.78, 5) is 0. The first-order valence-electron chi connectivity index (χ1n) is 10.8. The van der Waals surface area contributed by atoms with E-state index < -0.39 is 0 Å². The third kappa shape index (κ3) is 3.17. The molecule has 3 fully saturated rings. The van der Waals surface area contributed by atoms with Crippen LogP contribution in [0.1, 0.15) is 49.1 Å². The van der Waals surface area contributed by atoms with Crippen molar-refractivity contribution in [1.29, 1.82) is 0 Å². The van der Waals surface area contributed by atoms with E-state index in [1.165, 1.54) is 60.1 Å². The molecule has 1 nitrogen and oxygen atoms in total. The van der Waals surface area contributed by atoms with Crippen LogP contribution in [0.4, 0.5) is 0 Å². The number of nitrogens with zero attached hydrogens (tertiary/aromatic N) is 1. The topological polar surface area (TPSA) is 3.88 Å². The SMILES string of the molecule is Cc1ccccc1-c1ccc(-c2ccc(C3CC4CCC3CC4)cc2)c[n+]1C. The lowest BCUT2D eigenvalue weighted by atomic mass is 9.63. The van der Waals surface area contributed by atoms with Gasteiger partial charge in [-0.15, -0.1) is 0 Å². The lowest BCUT2D eigenvalue weighted by Crippen LogP contribution is -2.30. The highest BCUT2D eigenvalue weighted by molar-refractivity contribution is 5.66. The number of aryl methyl sites for hydroxylation is 2. The zero-order chi connectivity index (χ0) is 19.1. The van der Waals surface area contributed by atoms with Crippen molar-refractivity contribution in [2.24, 2.45) is 18.9 Å². The zero-order valence-corrected chi connectivity index (χ0v) is 17.1. The Morgan fingerprint density at radius 1 is 0.786 bits per heavy atom. The van der Waals surface area contributed by atoms with Gasteiger partial charge in [0.1, 0.15) is 7.05 Å². The van der Waals surface area contributed by atoms with Crippen molar-refractivity contribution in [3.05, 3.63) is 78.0 Å². The van der Waals surface area contributed by atoms with Crippen LogP contribution >= 0.6 is 0 Å². The maximum atomic E-state index is 2.40. The molecule has 0 spiro atoms. The lowest BCUT2D eigenvalue weighted by molar-refractivity contribution is -0.659. The van der Waals surface area contributed by atoms with Gasteiger partial charge in [0.15, 0.2) is 6.20 Å². The Morgan fingerprint density at radius 3 is 2.14 bits per heavy atom. The van der Waals surface area contributed by atoms with Gasteiger partial charge in [-0.25, -0.2) is 4.57 Å². The van der Waals surface area contributed by atoms with Crippen LogP contribution in [-0.4, -0.2) is 0 Å². The van der Waals surface area contributed by atoms with Crippen LogP contribution in [0.2, 0.25) is 0 Å². The molecule has 0 amide bonds. The number of hydrogen-bond donors (Lipinski definition) is 0. The smallest absolute Gasteiger partial charge is 0.200 e. The maximum absolute atomic E-state index is 2.40. The molecule has 6 rings (SSSR count). The highest BCUT2D eigenvalue weighted by Gasteiger charge is 2.36. The Kier molecular flexibility index (Phi) is 4.55. The Bertz CT molecular complexity index is 977. The quantitative estimate of drug-likeness (QED) is 0.468. The van der Waals surface area contributed by atoms with Crippen LogP contribution in [-0.2, 0) is 7.05 Å². The van der Waals surface area contributed by atoms with E-state index in [0.717, 1.165) is 17.8 Å². The summed E-state index contributed by atoms with van der Waals surface area (Å²) in [7, 11) is 2.15. The van der Waals surface area contributed by atoms with Crippen LogP contribution in [0.3, 0.4) is 0 Å². The minimum atomic E-state index is 0.807. The molecular weight excluding hydrogens is 338 g/mol. The molecule has 1 aromatic heterocycles. The number of rotatable bonds is 3. The van der Waals surface area contributed by atoms with Gasteiger partial charge < -0.3 is 0 Å². The molecule has 3 aliphatic rings. The molecule has 3 aromatic rings. The van der Waals surface area contributed by atoms with Crippen molar-refractivity contribution in [3.8, 4) is 22.4 Å². The van der Waals surface area contributed by atoms with Crippen LogP contribution in [0, 0.1) is 18.8 Å². The van der Waals surface area contributed by atoms with Crippen LogP contribution in [0.25, 0.3) is 22.4 Å². The van der Waals surface area contributed by atoms with E-state index in [-0.39, 0.29) is 0 Å². The van der Waals surface area contributed by atoms with Gasteiger partial charge in [0.2, 0.25) is 5.69 Å². The summed E-state index contributed by atoms with van der Waals surface area (Å²) in [5.74, 6) is 2.73. The fourth-order valence-corrected chi connectivity index (χ4v) is 5.63. The Labute approximate surface area is 169 Å². The van der Waals surface area contributed by atoms with Crippen LogP contribution in [0.15, 0.2) is 66.9 Å². The number of aromatic nitrogens is 1. The first kappa shape index (κ1) is 17.7. The van der Waals surface area contributed by atoms with Crippen LogP contribution < -0.4 is 4.57 Å². The first-order chi connectivity index (χ1) is 13.7. The predicted octanol–water partition coefficient (Wildman–Crippen LogP) is 6.45. The molecule has 28 heavy (non-hydrogen) atoms. The van der Waals surface area contributed by atoms with E-state index in [0.29, 0.717) is 0 Å². The fraction of sp³-hybridized carbons (Fsp3) is 0.370. The van der Waals surface area contributed by atoms with Gasteiger partial charge in [0.05, 0.1) is 0 Å². The molecule has 2 bridgehead atoms. The molecule has 3 aliphatic carbocycles. The molecular formula is C27H30N+. The van der Waals surface area contributed by atoms with Crippen molar-refractivity contribution in [2.45, 2.75) is 44.9 Å². The van der Waals surface area contributed by atoms with Gasteiger partial charge in [0, 0.05) is 17.2 Å².